The van der Waals surface area contributed by atoms with Crippen molar-refractivity contribution in [3.8, 4) is 23.0 Å². The molecule has 0 atom stereocenters. The molecule has 5 aromatic rings. The number of nitrogens with zero attached hydrogens (tertiary/aromatic N) is 5. The minimum Gasteiger partial charge on any atom is -0.457 e. The van der Waals surface area contributed by atoms with E-state index >= 15 is 0 Å². The predicted molar refractivity (Wildman–Crippen MR) is 224 cm³/mol. The molecule has 2 aliphatic carbocycles. The van der Waals surface area contributed by atoms with Crippen molar-refractivity contribution in [3.05, 3.63) is 101 Å². The van der Waals surface area contributed by atoms with Gasteiger partial charge in [-0.2, -0.15) is 5.10 Å². The van der Waals surface area contributed by atoms with Crippen LogP contribution in [0.2, 0.25) is 0 Å². The molecule has 4 heterocycles. The number of benzene rings is 2. The molecule has 0 radical (unpaired) electrons. The van der Waals surface area contributed by atoms with Crippen LogP contribution in [0.1, 0.15) is 88.7 Å². The fourth-order valence-electron chi connectivity index (χ4n) is 7.83. The van der Waals surface area contributed by atoms with Crippen molar-refractivity contribution in [2.24, 2.45) is 11.8 Å². The number of urea groups is 1. The average molecular weight is 851 g/mol. The molecule has 1 aliphatic heterocycles. The van der Waals surface area contributed by atoms with Crippen LogP contribution < -0.4 is 31.3 Å². The standard InChI is InChI=1S/C44H48F2N10O6/c1-55(17-16-48-44(60)50-22-28-4-2-6-32(18-28)62-35-7-3-5-29-20-37(57)53-42(59)38(29)35)23-27-10-12-31(13-11-27)56-24-33(39(54-56)40(45)46)51-41(58)34-25-61-43(52-34)30-14-15-47-36(19-30)49-21-26-8-9-26/h2-7,14-15,18-19,24-27,31,40H,8-13,16-17,20-23H2,1H3,(H,47,49)(H,51,58)(H2,48,50,60)(H,53,57,59). The third kappa shape index (κ3) is 10.6. The fourth-order valence-corrected chi connectivity index (χ4v) is 7.83. The van der Waals surface area contributed by atoms with Crippen LogP contribution in [0.15, 0.2) is 77.7 Å². The van der Waals surface area contributed by atoms with Gasteiger partial charge >= 0.3 is 6.03 Å². The Kier molecular flexibility index (Phi) is 12.8. The Balaban J connectivity index is 0.756. The van der Waals surface area contributed by atoms with Gasteiger partial charge < -0.3 is 35.3 Å². The number of hydrogen-bond acceptors (Lipinski definition) is 11. The number of imide groups is 1. The summed E-state index contributed by atoms with van der Waals surface area (Å²) in [5.41, 5.74) is 1.75. The van der Waals surface area contributed by atoms with Crippen LogP contribution in [-0.2, 0) is 17.8 Å². The molecule has 0 spiro atoms. The smallest absolute Gasteiger partial charge is 0.315 e. The lowest BCUT2D eigenvalue weighted by atomic mass is 9.86. The zero-order valence-corrected chi connectivity index (χ0v) is 34.2. The van der Waals surface area contributed by atoms with Crippen molar-refractivity contribution in [2.45, 2.75) is 64.0 Å². The third-order valence-electron chi connectivity index (χ3n) is 11.3. The second kappa shape index (κ2) is 18.9. The highest BCUT2D eigenvalue weighted by Gasteiger charge is 2.29. The molecule has 18 heteroatoms. The molecule has 324 valence electrons. The van der Waals surface area contributed by atoms with Crippen LogP contribution in [0.25, 0.3) is 11.5 Å². The Bertz CT molecular complexity index is 2430. The van der Waals surface area contributed by atoms with E-state index in [0.717, 1.165) is 44.3 Å². The van der Waals surface area contributed by atoms with Crippen LogP contribution in [0.3, 0.4) is 0 Å². The Morgan fingerprint density at radius 3 is 2.63 bits per heavy atom. The summed E-state index contributed by atoms with van der Waals surface area (Å²) in [4.78, 5) is 60.8. The highest BCUT2D eigenvalue weighted by atomic mass is 19.3. The number of likely N-dealkylation sites (N-methyl/N-ethyl adjacent to an activating group) is 1. The van der Waals surface area contributed by atoms with Gasteiger partial charge in [0, 0.05) is 50.7 Å². The molecule has 3 aromatic heterocycles. The molecular weight excluding hydrogens is 803 g/mol. The maximum Gasteiger partial charge on any atom is 0.315 e. The number of carbonyl (C=O) groups excluding carboxylic acids is 4. The fraction of sp³-hybridized carbons (Fsp3) is 0.386. The van der Waals surface area contributed by atoms with E-state index in [-0.39, 0.29) is 48.2 Å². The molecule has 62 heavy (non-hydrogen) atoms. The van der Waals surface area contributed by atoms with Gasteiger partial charge in [0.1, 0.15) is 23.6 Å². The summed E-state index contributed by atoms with van der Waals surface area (Å²) in [7, 11) is 2.00. The lowest BCUT2D eigenvalue weighted by Crippen LogP contribution is -2.40. The Morgan fingerprint density at radius 1 is 1.02 bits per heavy atom. The molecule has 5 amide bonds. The number of aromatic nitrogens is 4. The number of halogens is 2. The summed E-state index contributed by atoms with van der Waals surface area (Å²) in [6.45, 7) is 2.96. The first-order chi connectivity index (χ1) is 30.0. The number of anilines is 2. The van der Waals surface area contributed by atoms with E-state index in [9.17, 15) is 28.0 Å². The van der Waals surface area contributed by atoms with E-state index in [1.807, 2.05) is 13.1 Å². The Hall–Kier alpha value is -6.69. The molecule has 2 aromatic carbocycles. The summed E-state index contributed by atoms with van der Waals surface area (Å²) in [6, 6.07) is 15.4. The Morgan fingerprint density at radius 2 is 1.82 bits per heavy atom. The molecule has 3 aliphatic rings. The van der Waals surface area contributed by atoms with Crippen LogP contribution in [-0.4, -0.2) is 81.6 Å². The summed E-state index contributed by atoms with van der Waals surface area (Å²) in [5.74, 6) is 1.24. The number of alkyl halides is 2. The second-order valence-corrected chi connectivity index (χ2v) is 16.1. The second-order valence-electron chi connectivity index (χ2n) is 16.1. The van der Waals surface area contributed by atoms with Gasteiger partial charge in [0.05, 0.1) is 23.7 Å². The van der Waals surface area contributed by atoms with E-state index in [1.54, 1.807) is 59.4 Å². The minimum absolute atomic E-state index is 0.0482. The van der Waals surface area contributed by atoms with Gasteiger partial charge in [0.2, 0.25) is 11.8 Å². The maximum absolute atomic E-state index is 14.1. The molecule has 0 saturated heterocycles. The molecule has 8 rings (SSSR count). The van der Waals surface area contributed by atoms with Crippen LogP contribution in [0.5, 0.6) is 11.5 Å². The highest BCUT2D eigenvalue weighted by Crippen LogP contribution is 2.36. The monoisotopic (exact) mass is 850 g/mol. The lowest BCUT2D eigenvalue weighted by Gasteiger charge is -2.31. The van der Waals surface area contributed by atoms with Gasteiger partial charge in [-0.25, -0.2) is 23.5 Å². The molecule has 2 fully saturated rings. The number of amides is 5. The normalized spacial score (nSPS) is 17.4. The SMILES string of the molecule is CN(CCNC(=O)NCc1cccc(Oc2cccc3c2C(=O)NC(=O)C3)c1)CC1CCC(n2cc(NC(=O)c3coc(-c4ccnc(NCC5CC5)c4)n3)c(C(F)F)n2)CC1. The van der Waals surface area contributed by atoms with Crippen LogP contribution in [0.4, 0.5) is 25.1 Å². The first-order valence-corrected chi connectivity index (χ1v) is 20.8. The number of rotatable bonds is 17. The van der Waals surface area contributed by atoms with Crippen molar-refractivity contribution in [1.29, 1.82) is 0 Å². The van der Waals surface area contributed by atoms with Gasteiger partial charge in [-0.05, 0) is 98.9 Å². The zero-order valence-electron chi connectivity index (χ0n) is 34.2. The zero-order chi connectivity index (χ0) is 43.2. The van der Waals surface area contributed by atoms with Crippen molar-refractivity contribution >= 4 is 35.3 Å². The van der Waals surface area contributed by atoms with E-state index in [2.05, 4.69) is 46.6 Å². The van der Waals surface area contributed by atoms with Gasteiger partial charge in [-0.15, -0.1) is 0 Å². The van der Waals surface area contributed by atoms with Gasteiger partial charge in [0.25, 0.3) is 18.2 Å². The number of nitrogens with one attached hydrogen (secondary N) is 5. The average Bonchev–Trinajstić information content (AvgIpc) is 3.77. The van der Waals surface area contributed by atoms with E-state index in [1.165, 1.54) is 25.3 Å². The first kappa shape index (κ1) is 42.0. The largest absolute Gasteiger partial charge is 0.457 e. The summed E-state index contributed by atoms with van der Waals surface area (Å²) < 4.78 is 41.4. The Labute approximate surface area is 356 Å². The van der Waals surface area contributed by atoms with Crippen molar-refractivity contribution in [3.63, 3.8) is 0 Å². The third-order valence-corrected chi connectivity index (χ3v) is 11.3. The molecular formula is C44H48F2N10O6. The highest BCUT2D eigenvalue weighted by molar-refractivity contribution is 6.11. The molecule has 5 N–H and O–H groups in total. The molecule has 2 saturated carbocycles. The maximum atomic E-state index is 14.1. The number of hydrogen-bond donors (Lipinski definition) is 5. The van der Waals surface area contributed by atoms with Crippen molar-refractivity contribution < 1.29 is 37.1 Å². The number of carbonyl (C=O) groups is 4. The number of oxazole rings is 1. The quantitative estimate of drug-likeness (QED) is 0.0624. The van der Waals surface area contributed by atoms with Crippen LogP contribution in [0, 0.1) is 11.8 Å². The first-order valence-electron chi connectivity index (χ1n) is 20.8. The van der Waals surface area contributed by atoms with E-state index in [0.29, 0.717) is 58.9 Å². The predicted octanol–water partition coefficient (Wildman–Crippen LogP) is 6.71. The summed E-state index contributed by atoms with van der Waals surface area (Å²) in [6.07, 6.45) is 7.13. The summed E-state index contributed by atoms with van der Waals surface area (Å²) >= 11 is 0. The van der Waals surface area contributed by atoms with Crippen LogP contribution >= 0.6 is 0 Å². The molecule has 0 bridgehead atoms. The number of fused-ring (bicyclic) bond motifs is 1. The molecule has 16 nitrogen and oxygen atoms in total. The van der Waals surface area contributed by atoms with Gasteiger partial charge in [-0.1, -0.05) is 24.3 Å². The van der Waals surface area contributed by atoms with Crippen molar-refractivity contribution in [2.75, 3.05) is 43.9 Å². The molecule has 0 unspecified atom stereocenters. The minimum atomic E-state index is -2.89. The van der Waals surface area contributed by atoms with E-state index in [4.69, 9.17) is 9.15 Å². The van der Waals surface area contributed by atoms with Gasteiger partial charge in [0.15, 0.2) is 11.4 Å². The summed E-state index contributed by atoms with van der Waals surface area (Å²) in [5, 5.41) is 18.1. The number of pyridine rings is 1. The topological polar surface area (TPSA) is 198 Å². The number of ether oxygens (including phenoxy) is 1. The lowest BCUT2D eigenvalue weighted by molar-refractivity contribution is -0.119. The van der Waals surface area contributed by atoms with E-state index < -0.39 is 23.9 Å². The van der Waals surface area contributed by atoms with Crippen molar-refractivity contribution in [1.82, 2.24) is 40.6 Å². The van der Waals surface area contributed by atoms with Gasteiger partial charge in [-0.3, -0.25) is 24.4 Å².